The highest BCUT2D eigenvalue weighted by molar-refractivity contribution is 6.03. The van der Waals surface area contributed by atoms with E-state index in [1.165, 1.54) is 54.6 Å². The minimum atomic E-state index is 0.498. The minimum Gasteiger partial charge on any atom is -0.296 e. The predicted octanol–water partition coefficient (Wildman–Crippen LogP) is 11.1. The van der Waals surface area contributed by atoms with Crippen molar-refractivity contribution in [2.75, 3.05) is 0 Å². The first-order valence-electron chi connectivity index (χ1n) is 17.3. The van der Waals surface area contributed by atoms with Crippen LogP contribution in [0.1, 0.15) is 43.8 Å². The van der Waals surface area contributed by atoms with Gasteiger partial charge < -0.3 is 0 Å². The quantitative estimate of drug-likeness (QED) is 0.183. The van der Waals surface area contributed by atoms with E-state index in [1.54, 1.807) is 0 Å². The van der Waals surface area contributed by atoms with Crippen LogP contribution in [0.2, 0.25) is 0 Å². The molecule has 0 bridgehead atoms. The fourth-order valence-corrected chi connectivity index (χ4v) is 7.43. The van der Waals surface area contributed by atoms with Crippen molar-refractivity contribution in [3.05, 3.63) is 151 Å². The molecule has 0 radical (unpaired) electrons. The Hall–Kier alpha value is -5.94. The summed E-state index contributed by atoms with van der Waals surface area (Å²) in [6, 6.07) is 50.7. The lowest BCUT2D eigenvalue weighted by molar-refractivity contribution is 0.426. The van der Waals surface area contributed by atoms with Crippen molar-refractivity contribution in [3.63, 3.8) is 0 Å². The van der Waals surface area contributed by atoms with E-state index in [0.29, 0.717) is 23.4 Å². The highest BCUT2D eigenvalue weighted by Crippen LogP contribution is 2.38. The molecule has 0 unspecified atom stereocenters. The van der Waals surface area contributed by atoms with Crippen molar-refractivity contribution in [2.45, 2.75) is 38.0 Å². The van der Waals surface area contributed by atoms with Crippen molar-refractivity contribution in [1.82, 2.24) is 24.5 Å². The molecule has 2 heterocycles. The second kappa shape index (κ2) is 12.6. The summed E-state index contributed by atoms with van der Waals surface area (Å²) in [6.45, 7) is 0. The van der Waals surface area contributed by atoms with E-state index in [9.17, 15) is 0 Å². The molecule has 236 valence electrons. The summed E-state index contributed by atoms with van der Waals surface area (Å²) in [5, 5.41) is 2.26. The Kier molecular flexibility index (Phi) is 7.50. The van der Waals surface area contributed by atoms with E-state index in [1.807, 2.05) is 60.7 Å². The van der Waals surface area contributed by atoms with Crippen molar-refractivity contribution in [3.8, 4) is 51.0 Å². The van der Waals surface area contributed by atoms with Crippen LogP contribution in [-0.2, 0) is 0 Å². The first kappa shape index (κ1) is 29.2. The van der Waals surface area contributed by atoms with Gasteiger partial charge in [0.25, 0.3) is 0 Å². The fourth-order valence-electron chi connectivity index (χ4n) is 7.43. The number of hydrogen-bond acceptors (Lipinski definition) is 4. The van der Waals surface area contributed by atoms with Crippen molar-refractivity contribution >= 4 is 21.8 Å². The maximum Gasteiger partial charge on any atom is 0.164 e. The van der Waals surface area contributed by atoms with E-state index in [4.69, 9.17) is 19.9 Å². The van der Waals surface area contributed by atoms with Gasteiger partial charge in [-0.1, -0.05) is 141 Å². The smallest absolute Gasteiger partial charge is 0.164 e. The number of para-hydroxylation sites is 2. The first-order valence-corrected chi connectivity index (χ1v) is 17.3. The number of nitrogens with zero attached hydrogens (tertiary/aromatic N) is 5. The molecule has 1 aliphatic rings. The number of benzene rings is 6. The fraction of sp³-hybridized carbons (Fsp3) is 0.136. The Balaban J connectivity index is 1.14. The van der Waals surface area contributed by atoms with Gasteiger partial charge in [0.05, 0.1) is 11.0 Å². The SMILES string of the molecule is c1ccc(-c2nc(-c3ccccc3)nc(-c3cccc4c(-c5ccc(-n6c(C7CCCCC7)nc7ccccc76)cc5)cccc34)n2)cc1. The van der Waals surface area contributed by atoms with Gasteiger partial charge in [0, 0.05) is 28.3 Å². The van der Waals surface area contributed by atoms with Gasteiger partial charge in [-0.25, -0.2) is 19.9 Å². The van der Waals surface area contributed by atoms with Crippen molar-refractivity contribution in [1.29, 1.82) is 0 Å². The molecule has 0 saturated heterocycles. The van der Waals surface area contributed by atoms with Crippen LogP contribution in [-0.4, -0.2) is 24.5 Å². The maximum atomic E-state index is 5.17. The van der Waals surface area contributed by atoms with E-state index < -0.39 is 0 Å². The Morgan fingerprint density at radius 2 is 1.00 bits per heavy atom. The third kappa shape index (κ3) is 5.47. The average molecular weight is 634 g/mol. The summed E-state index contributed by atoms with van der Waals surface area (Å²) in [6.07, 6.45) is 6.30. The van der Waals surface area contributed by atoms with Crippen LogP contribution in [0.25, 0.3) is 72.8 Å². The predicted molar refractivity (Wildman–Crippen MR) is 200 cm³/mol. The van der Waals surface area contributed by atoms with Gasteiger partial charge in [-0.3, -0.25) is 4.57 Å². The molecule has 1 saturated carbocycles. The van der Waals surface area contributed by atoms with Crippen LogP contribution >= 0.6 is 0 Å². The molecule has 1 aliphatic carbocycles. The molecule has 6 aromatic carbocycles. The Bertz CT molecular complexity index is 2350. The summed E-state index contributed by atoms with van der Waals surface area (Å²) in [5.41, 5.74) is 8.64. The topological polar surface area (TPSA) is 56.5 Å². The van der Waals surface area contributed by atoms with Gasteiger partial charge in [-0.05, 0) is 59.0 Å². The maximum absolute atomic E-state index is 5.17. The van der Waals surface area contributed by atoms with E-state index in [2.05, 4.69) is 89.5 Å². The van der Waals surface area contributed by atoms with Gasteiger partial charge in [0.15, 0.2) is 17.5 Å². The molecule has 0 amide bonds. The molecule has 0 N–H and O–H groups in total. The molecule has 8 aromatic rings. The first-order chi connectivity index (χ1) is 24.3. The molecule has 9 rings (SSSR count). The summed E-state index contributed by atoms with van der Waals surface area (Å²) < 4.78 is 2.39. The van der Waals surface area contributed by atoms with Gasteiger partial charge in [0.1, 0.15) is 5.82 Å². The van der Waals surface area contributed by atoms with Crippen LogP contribution in [0.4, 0.5) is 0 Å². The second-order valence-corrected chi connectivity index (χ2v) is 12.9. The molecule has 49 heavy (non-hydrogen) atoms. The zero-order chi connectivity index (χ0) is 32.6. The number of imidazole rings is 1. The average Bonchev–Trinajstić information content (AvgIpc) is 3.58. The van der Waals surface area contributed by atoms with E-state index >= 15 is 0 Å². The third-order valence-corrected chi connectivity index (χ3v) is 9.86. The molecule has 2 aromatic heterocycles. The summed E-state index contributed by atoms with van der Waals surface area (Å²) in [4.78, 5) is 20.1. The minimum absolute atomic E-state index is 0.498. The van der Waals surface area contributed by atoms with Crippen molar-refractivity contribution < 1.29 is 0 Å². The zero-order valence-electron chi connectivity index (χ0n) is 27.2. The Morgan fingerprint density at radius 3 is 1.67 bits per heavy atom. The standard InChI is InChI=1S/C44H35N5/c1-4-14-31(15-5-1)41-46-42(32-16-6-2-7-17-32)48-43(47-41)38-23-13-21-36-35(20-12-22-37(36)38)30-26-28-34(29-27-30)49-40-25-11-10-24-39(40)45-44(49)33-18-8-3-9-19-33/h1-2,4-7,10-17,20-29,33H,3,8-9,18-19H2. The van der Waals surface area contributed by atoms with Gasteiger partial charge >= 0.3 is 0 Å². The number of aromatic nitrogens is 5. The second-order valence-electron chi connectivity index (χ2n) is 12.9. The molecule has 0 aliphatic heterocycles. The largest absolute Gasteiger partial charge is 0.296 e. The molecule has 0 spiro atoms. The van der Waals surface area contributed by atoms with Gasteiger partial charge in [-0.15, -0.1) is 0 Å². The van der Waals surface area contributed by atoms with Crippen LogP contribution < -0.4 is 0 Å². The monoisotopic (exact) mass is 633 g/mol. The lowest BCUT2D eigenvalue weighted by Crippen LogP contribution is -2.11. The Morgan fingerprint density at radius 1 is 0.429 bits per heavy atom. The Labute approximate surface area is 286 Å². The molecule has 5 heteroatoms. The number of rotatable bonds is 6. The number of hydrogen-bond donors (Lipinski definition) is 0. The van der Waals surface area contributed by atoms with Crippen LogP contribution in [0, 0.1) is 0 Å². The highest BCUT2D eigenvalue weighted by Gasteiger charge is 2.23. The third-order valence-electron chi connectivity index (χ3n) is 9.86. The zero-order valence-corrected chi connectivity index (χ0v) is 27.2. The molecule has 1 fully saturated rings. The van der Waals surface area contributed by atoms with E-state index in [0.717, 1.165) is 38.7 Å². The summed E-state index contributed by atoms with van der Waals surface area (Å²) in [7, 11) is 0. The van der Waals surface area contributed by atoms with E-state index in [-0.39, 0.29) is 0 Å². The van der Waals surface area contributed by atoms with Crippen LogP contribution in [0.3, 0.4) is 0 Å². The molecular weight excluding hydrogens is 599 g/mol. The van der Waals surface area contributed by atoms with Gasteiger partial charge in [0.2, 0.25) is 0 Å². The molecular formula is C44H35N5. The lowest BCUT2D eigenvalue weighted by atomic mass is 9.88. The summed E-state index contributed by atoms with van der Waals surface area (Å²) in [5.74, 6) is 3.68. The molecule has 0 atom stereocenters. The van der Waals surface area contributed by atoms with Gasteiger partial charge in [-0.2, -0.15) is 0 Å². The lowest BCUT2D eigenvalue weighted by Gasteiger charge is -2.22. The number of fused-ring (bicyclic) bond motifs is 2. The van der Waals surface area contributed by atoms with Crippen LogP contribution in [0.15, 0.2) is 146 Å². The highest BCUT2D eigenvalue weighted by atomic mass is 15.1. The summed E-state index contributed by atoms with van der Waals surface area (Å²) >= 11 is 0. The normalized spacial score (nSPS) is 13.6. The van der Waals surface area contributed by atoms with Crippen molar-refractivity contribution in [2.24, 2.45) is 0 Å². The van der Waals surface area contributed by atoms with Crippen LogP contribution in [0.5, 0.6) is 0 Å². The molecule has 5 nitrogen and oxygen atoms in total.